The Hall–Kier alpha value is -3.56. The number of benzene rings is 3. The topological polar surface area (TPSA) is 96.0 Å². The summed E-state index contributed by atoms with van der Waals surface area (Å²) in [4.78, 5) is 28.4. The molecule has 208 valence electrons. The lowest BCUT2D eigenvalue weighted by molar-refractivity contribution is -0.140. The fourth-order valence-electron chi connectivity index (χ4n) is 4.16. The van der Waals surface area contributed by atoms with E-state index in [1.807, 2.05) is 38.1 Å². The number of methoxy groups -OCH3 is 1. The first kappa shape index (κ1) is 30.0. The molecule has 1 N–H and O–H groups in total. The Morgan fingerprint density at radius 3 is 2.23 bits per heavy atom. The Bertz CT molecular complexity index is 1380. The van der Waals surface area contributed by atoms with Crippen molar-refractivity contribution in [1.29, 1.82) is 0 Å². The second-order valence-corrected chi connectivity index (χ2v) is 11.2. The summed E-state index contributed by atoms with van der Waals surface area (Å²) >= 11 is 6.34. The molecular weight excluding hydrogens is 538 g/mol. The van der Waals surface area contributed by atoms with Crippen LogP contribution in [0.15, 0.2) is 77.7 Å². The van der Waals surface area contributed by atoms with Crippen LogP contribution in [0.5, 0.6) is 5.75 Å². The summed E-state index contributed by atoms with van der Waals surface area (Å²) in [7, 11) is -2.72. The van der Waals surface area contributed by atoms with Crippen LogP contribution < -0.4 is 14.4 Å². The first-order valence-corrected chi connectivity index (χ1v) is 14.5. The summed E-state index contributed by atoms with van der Waals surface area (Å²) in [5, 5.41) is 2.99. The Morgan fingerprint density at radius 2 is 1.67 bits per heavy atom. The van der Waals surface area contributed by atoms with Crippen LogP contribution in [0.25, 0.3) is 0 Å². The predicted molar refractivity (Wildman–Crippen MR) is 153 cm³/mol. The smallest absolute Gasteiger partial charge is 0.264 e. The summed E-state index contributed by atoms with van der Waals surface area (Å²) in [6, 6.07) is 19.2. The van der Waals surface area contributed by atoms with Crippen LogP contribution in [0.1, 0.15) is 31.4 Å². The molecule has 0 spiro atoms. The van der Waals surface area contributed by atoms with Crippen molar-refractivity contribution in [3.63, 3.8) is 0 Å². The molecule has 0 radical (unpaired) electrons. The van der Waals surface area contributed by atoms with Crippen molar-refractivity contribution in [1.82, 2.24) is 10.2 Å². The van der Waals surface area contributed by atoms with Gasteiger partial charge in [0.25, 0.3) is 10.0 Å². The lowest BCUT2D eigenvalue weighted by atomic mass is 10.1. The molecule has 0 aliphatic rings. The molecule has 0 fully saturated rings. The van der Waals surface area contributed by atoms with Gasteiger partial charge < -0.3 is 15.0 Å². The monoisotopic (exact) mass is 571 g/mol. The van der Waals surface area contributed by atoms with E-state index in [0.717, 1.165) is 15.4 Å². The van der Waals surface area contributed by atoms with Gasteiger partial charge in [-0.25, -0.2) is 8.42 Å². The average molecular weight is 572 g/mol. The number of hydrogen-bond donors (Lipinski definition) is 1. The van der Waals surface area contributed by atoms with Gasteiger partial charge in [0, 0.05) is 13.1 Å². The van der Waals surface area contributed by atoms with Gasteiger partial charge in [0.15, 0.2) is 0 Å². The SMILES string of the molecule is CCNC(=O)[C@@H](CC)N(Cc1ccc(C)cc1)C(=O)CN(c1ccc(OC)c(Cl)c1)S(=O)(=O)c1ccccc1. The third kappa shape index (κ3) is 7.30. The minimum Gasteiger partial charge on any atom is -0.495 e. The molecule has 0 aliphatic carbocycles. The lowest BCUT2D eigenvalue weighted by Crippen LogP contribution is -2.52. The molecule has 0 bridgehead atoms. The number of hydrogen-bond acceptors (Lipinski definition) is 5. The lowest BCUT2D eigenvalue weighted by Gasteiger charge is -2.33. The zero-order valence-electron chi connectivity index (χ0n) is 22.6. The molecule has 0 saturated carbocycles. The normalized spacial score (nSPS) is 11.9. The summed E-state index contributed by atoms with van der Waals surface area (Å²) in [6.45, 7) is 5.58. The van der Waals surface area contributed by atoms with Crippen molar-refractivity contribution in [2.45, 2.75) is 44.7 Å². The van der Waals surface area contributed by atoms with Crippen LogP contribution in [0.4, 0.5) is 5.69 Å². The van der Waals surface area contributed by atoms with Gasteiger partial charge in [0.2, 0.25) is 11.8 Å². The van der Waals surface area contributed by atoms with Gasteiger partial charge in [-0.15, -0.1) is 0 Å². The number of ether oxygens (including phenoxy) is 1. The van der Waals surface area contributed by atoms with E-state index in [1.54, 1.807) is 31.2 Å². The number of rotatable bonds is 12. The molecule has 3 rings (SSSR count). The molecule has 0 aromatic heterocycles. The number of amides is 2. The number of carbonyl (C=O) groups is 2. The zero-order valence-corrected chi connectivity index (χ0v) is 24.1. The van der Waals surface area contributed by atoms with Crippen molar-refractivity contribution < 1.29 is 22.7 Å². The van der Waals surface area contributed by atoms with Gasteiger partial charge in [-0.05, 0) is 56.2 Å². The Morgan fingerprint density at radius 1 is 1.00 bits per heavy atom. The molecule has 8 nitrogen and oxygen atoms in total. The highest BCUT2D eigenvalue weighted by Crippen LogP contribution is 2.32. The van der Waals surface area contributed by atoms with E-state index in [1.165, 1.54) is 36.3 Å². The number of nitrogens with zero attached hydrogens (tertiary/aromatic N) is 2. The average Bonchev–Trinajstić information content (AvgIpc) is 2.93. The molecule has 2 amide bonds. The van der Waals surface area contributed by atoms with Crippen molar-refractivity contribution >= 4 is 39.1 Å². The summed E-state index contributed by atoms with van der Waals surface area (Å²) in [5.41, 5.74) is 2.07. The second kappa shape index (κ2) is 13.5. The van der Waals surface area contributed by atoms with Crippen LogP contribution in [0.3, 0.4) is 0 Å². The van der Waals surface area contributed by atoms with E-state index in [-0.39, 0.29) is 28.1 Å². The van der Waals surface area contributed by atoms with Gasteiger partial charge in [-0.2, -0.15) is 0 Å². The fourth-order valence-corrected chi connectivity index (χ4v) is 5.84. The predicted octanol–water partition coefficient (Wildman–Crippen LogP) is 4.80. The van der Waals surface area contributed by atoms with Crippen molar-refractivity contribution in [2.24, 2.45) is 0 Å². The molecular formula is C29H34ClN3O5S. The van der Waals surface area contributed by atoms with Crippen molar-refractivity contribution in [3.05, 3.63) is 88.9 Å². The largest absolute Gasteiger partial charge is 0.495 e. The molecule has 10 heteroatoms. The van der Waals surface area contributed by atoms with Gasteiger partial charge >= 0.3 is 0 Å². The molecule has 0 saturated heterocycles. The molecule has 3 aromatic rings. The zero-order chi connectivity index (χ0) is 28.6. The number of halogens is 1. The van der Waals surface area contributed by atoms with E-state index < -0.39 is 28.5 Å². The van der Waals surface area contributed by atoms with Gasteiger partial charge in [-0.1, -0.05) is 66.6 Å². The fraction of sp³-hybridized carbons (Fsp3) is 0.310. The summed E-state index contributed by atoms with van der Waals surface area (Å²) in [5.74, 6) is -0.461. The number of likely N-dealkylation sites (N-methyl/N-ethyl adjacent to an activating group) is 1. The summed E-state index contributed by atoms with van der Waals surface area (Å²) in [6.07, 6.45) is 0.350. The second-order valence-electron chi connectivity index (χ2n) is 8.97. The Labute approximate surface area is 235 Å². The molecule has 3 aromatic carbocycles. The number of nitrogens with one attached hydrogen (secondary N) is 1. The quantitative estimate of drug-likeness (QED) is 0.337. The third-order valence-corrected chi connectivity index (χ3v) is 8.33. The van der Waals surface area contributed by atoms with E-state index in [4.69, 9.17) is 16.3 Å². The maximum absolute atomic E-state index is 14.0. The molecule has 0 heterocycles. The van der Waals surface area contributed by atoms with Crippen LogP contribution in [0, 0.1) is 6.92 Å². The highest BCUT2D eigenvalue weighted by molar-refractivity contribution is 7.92. The minimum absolute atomic E-state index is 0.0191. The van der Waals surface area contributed by atoms with Gasteiger partial charge in [-0.3, -0.25) is 13.9 Å². The van der Waals surface area contributed by atoms with Crippen molar-refractivity contribution in [2.75, 3.05) is 24.5 Å². The van der Waals surface area contributed by atoms with E-state index >= 15 is 0 Å². The van der Waals surface area contributed by atoms with E-state index in [2.05, 4.69) is 5.32 Å². The van der Waals surface area contributed by atoms with E-state index in [9.17, 15) is 18.0 Å². The number of carbonyl (C=O) groups excluding carboxylic acids is 2. The van der Waals surface area contributed by atoms with Crippen LogP contribution >= 0.6 is 11.6 Å². The maximum atomic E-state index is 14.0. The first-order chi connectivity index (χ1) is 18.6. The van der Waals surface area contributed by atoms with Crippen LogP contribution in [0.2, 0.25) is 5.02 Å². The Kier molecular flexibility index (Phi) is 10.4. The molecule has 0 aliphatic heterocycles. The maximum Gasteiger partial charge on any atom is 0.264 e. The van der Waals surface area contributed by atoms with Crippen LogP contribution in [-0.4, -0.2) is 51.4 Å². The van der Waals surface area contributed by atoms with Gasteiger partial charge in [0.1, 0.15) is 18.3 Å². The highest BCUT2D eigenvalue weighted by atomic mass is 35.5. The van der Waals surface area contributed by atoms with E-state index in [0.29, 0.717) is 18.7 Å². The first-order valence-electron chi connectivity index (χ1n) is 12.7. The van der Waals surface area contributed by atoms with Gasteiger partial charge in [0.05, 0.1) is 22.7 Å². The molecule has 0 unspecified atom stereocenters. The van der Waals surface area contributed by atoms with Crippen molar-refractivity contribution in [3.8, 4) is 5.75 Å². The summed E-state index contributed by atoms with van der Waals surface area (Å²) < 4.78 is 33.9. The Balaban J connectivity index is 2.07. The number of aryl methyl sites for hydroxylation is 1. The number of anilines is 1. The molecule has 1 atom stereocenters. The molecule has 39 heavy (non-hydrogen) atoms. The standard InChI is InChI=1S/C29H34ClN3O5S/c1-5-26(29(35)31-6-2)32(19-22-14-12-21(3)13-15-22)28(34)20-33(23-16-17-27(38-4)25(30)18-23)39(36,37)24-10-8-7-9-11-24/h7-18,26H,5-6,19-20H2,1-4H3,(H,31,35)/t26-/m1/s1. The number of sulfonamides is 1. The minimum atomic E-state index is -4.17. The highest BCUT2D eigenvalue weighted by Gasteiger charge is 2.33. The van der Waals surface area contributed by atoms with Crippen LogP contribution in [-0.2, 0) is 26.2 Å². The third-order valence-electron chi connectivity index (χ3n) is 6.24.